The molecule has 0 radical (unpaired) electrons. The van der Waals surface area contributed by atoms with Crippen LogP contribution in [0, 0.1) is 17.6 Å². The van der Waals surface area contributed by atoms with Crippen LogP contribution < -0.4 is 5.32 Å². The van der Waals surface area contributed by atoms with E-state index in [2.05, 4.69) is 5.32 Å². The van der Waals surface area contributed by atoms with Crippen LogP contribution in [0.1, 0.15) is 18.0 Å². The number of nitrogens with one attached hydrogen (secondary N) is 1. The van der Waals surface area contributed by atoms with E-state index in [1.165, 1.54) is 22.5 Å². The average Bonchev–Trinajstić information content (AvgIpc) is 3.25. The second-order valence-electron chi connectivity index (χ2n) is 8.18. The van der Waals surface area contributed by atoms with Crippen LogP contribution in [0.5, 0.6) is 0 Å². The lowest BCUT2D eigenvalue weighted by atomic mass is 9.82. The summed E-state index contributed by atoms with van der Waals surface area (Å²) in [5, 5.41) is 13.3. The van der Waals surface area contributed by atoms with Gasteiger partial charge in [-0.2, -0.15) is 4.31 Å². The number of fused-ring (bicyclic) bond motifs is 3. The summed E-state index contributed by atoms with van der Waals surface area (Å²) in [6.45, 7) is 0.136. The van der Waals surface area contributed by atoms with E-state index in [-0.39, 0.29) is 35.8 Å². The van der Waals surface area contributed by atoms with Crippen molar-refractivity contribution < 1.29 is 22.3 Å². The van der Waals surface area contributed by atoms with E-state index in [1.807, 2.05) is 6.07 Å². The van der Waals surface area contributed by atoms with Crippen molar-refractivity contribution in [2.75, 3.05) is 18.5 Å². The Morgan fingerprint density at radius 2 is 1.78 bits per heavy atom. The summed E-state index contributed by atoms with van der Waals surface area (Å²) in [7, 11) is -3.90. The molecule has 0 aliphatic carbocycles. The van der Waals surface area contributed by atoms with Crippen LogP contribution >= 0.6 is 0 Å². The zero-order valence-corrected chi connectivity index (χ0v) is 17.9. The molecule has 0 saturated carbocycles. The Morgan fingerprint density at radius 1 is 1.03 bits per heavy atom. The highest BCUT2D eigenvalue weighted by molar-refractivity contribution is 7.89. The molecule has 2 heterocycles. The first-order valence-electron chi connectivity index (χ1n) is 10.4. The molecule has 2 aliphatic rings. The summed E-state index contributed by atoms with van der Waals surface area (Å²) in [4.78, 5) is 0.0189. The van der Waals surface area contributed by atoms with E-state index in [0.29, 0.717) is 23.2 Å². The van der Waals surface area contributed by atoms with E-state index in [0.717, 1.165) is 17.7 Å². The van der Waals surface area contributed by atoms with E-state index in [4.69, 9.17) is 0 Å². The fraction of sp³-hybridized carbons (Fsp3) is 0.250. The smallest absolute Gasteiger partial charge is 0.243 e. The molecule has 2 N–H and O–H groups in total. The van der Waals surface area contributed by atoms with Crippen molar-refractivity contribution in [3.05, 3.63) is 83.9 Å². The highest BCUT2D eigenvalue weighted by atomic mass is 32.2. The van der Waals surface area contributed by atoms with E-state index in [1.54, 1.807) is 30.3 Å². The summed E-state index contributed by atoms with van der Waals surface area (Å²) in [6.07, 6.45) is 0.562. The van der Waals surface area contributed by atoms with Gasteiger partial charge in [0.2, 0.25) is 10.0 Å². The van der Waals surface area contributed by atoms with Crippen LogP contribution in [0.2, 0.25) is 0 Å². The second kappa shape index (κ2) is 7.95. The number of aliphatic hydroxyl groups excluding tert-OH is 1. The second-order valence-corrected chi connectivity index (χ2v) is 10.1. The number of benzene rings is 3. The Balaban J connectivity index is 1.62. The third-order valence-corrected chi connectivity index (χ3v) is 8.32. The van der Waals surface area contributed by atoms with Gasteiger partial charge in [0.25, 0.3) is 0 Å². The minimum absolute atomic E-state index is 0.0189. The van der Waals surface area contributed by atoms with Gasteiger partial charge in [-0.05, 0) is 60.0 Å². The van der Waals surface area contributed by atoms with Crippen molar-refractivity contribution in [2.24, 2.45) is 5.92 Å². The normalized spacial score (nSPS) is 22.8. The summed E-state index contributed by atoms with van der Waals surface area (Å²) in [5.74, 6) is -1.02. The maximum atomic E-state index is 14.4. The quantitative estimate of drug-likeness (QED) is 0.618. The van der Waals surface area contributed by atoms with Crippen LogP contribution in [0.3, 0.4) is 0 Å². The standard InChI is InChI=1S/C24H22F2N2O3S/c25-16-6-8-17(9-7-16)32(30,31)28-12-11-19-23(14-29)27-22-10-5-15(13-20(22)24(19)28)18-3-1-2-4-21(18)26/h1-10,13,19,23-24,27,29H,11-12,14H2/t19-,23+,24-/m1/s1. The number of anilines is 1. The zero-order valence-electron chi connectivity index (χ0n) is 17.1. The van der Waals surface area contributed by atoms with Crippen LogP contribution in [-0.4, -0.2) is 37.0 Å². The lowest BCUT2D eigenvalue weighted by Gasteiger charge is -2.39. The molecule has 1 saturated heterocycles. The van der Waals surface area contributed by atoms with E-state index >= 15 is 0 Å². The van der Waals surface area contributed by atoms with Crippen molar-refractivity contribution >= 4 is 15.7 Å². The molecule has 166 valence electrons. The Labute approximate surface area is 185 Å². The first kappa shape index (κ1) is 21.1. The Morgan fingerprint density at radius 3 is 2.50 bits per heavy atom. The van der Waals surface area contributed by atoms with Gasteiger partial charge < -0.3 is 10.4 Å². The number of sulfonamides is 1. The molecule has 32 heavy (non-hydrogen) atoms. The molecule has 2 aliphatic heterocycles. The Hall–Kier alpha value is -2.81. The minimum atomic E-state index is -3.90. The lowest BCUT2D eigenvalue weighted by Crippen LogP contribution is -2.42. The van der Waals surface area contributed by atoms with Crippen molar-refractivity contribution in [1.82, 2.24) is 4.31 Å². The predicted octanol–water partition coefficient (Wildman–Crippen LogP) is 4.17. The average molecular weight is 457 g/mol. The molecule has 8 heteroatoms. The van der Waals surface area contributed by atoms with Crippen molar-refractivity contribution in [3.63, 3.8) is 0 Å². The predicted molar refractivity (Wildman–Crippen MR) is 117 cm³/mol. The monoisotopic (exact) mass is 456 g/mol. The fourth-order valence-corrected chi connectivity index (χ4v) is 6.56. The zero-order chi connectivity index (χ0) is 22.5. The first-order valence-corrected chi connectivity index (χ1v) is 11.9. The molecule has 0 unspecified atom stereocenters. The van der Waals surface area contributed by atoms with E-state index < -0.39 is 21.9 Å². The Kier molecular flexibility index (Phi) is 5.23. The third-order valence-electron chi connectivity index (χ3n) is 6.43. The first-order chi connectivity index (χ1) is 15.4. The molecular formula is C24H22F2N2O3S. The fourth-order valence-electron chi connectivity index (χ4n) is 4.90. The molecule has 5 rings (SSSR count). The van der Waals surface area contributed by atoms with Gasteiger partial charge in [0.15, 0.2) is 0 Å². The molecule has 3 aromatic carbocycles. The summed E-state index contributed by atoms with van der Waals surface area (Å²) < 4.78 is 56.2. The lowest BCUT2D eigenvalue weighted by molar-refractivity contribution is 0.210. The van der Waals surface area contributed by atoms with Gasteiger partial charge in [-0.3, -0.25) is 0 Å². The molecule has 0 spiro atoms. The summed E-state index contributed by atoms with van der Waals surface area (Å²) in [5.41, 5.74) is 2.54. The molecule has 3 aromatic rings. The third kappa shape index (κ3) is 3.39. The highest BCUT2D eigenvalue weighted by Gasteiger charge is 2.48. The number of aliphatic hydroxyl groups is 1. The number of hydrogen-bond donors (Lipinski definition) is 2. The van der Waals surface area contributed by atoms with Gasteiger partial charge in [0.05, 0.1) is 23.6 Å². The van der Waals surface area contributed by atoms with Gasteiger partial charge in [-0.15, -0.1) is 0 Å². The molecule has 5 nitrogen and oxygen atoms in total. The van der Waals surface area contributed by atoms with Crippen LogP contribution in [-0.2, 0) is 10.0 Å². The summed E-state index contributed by atoms with van der Waals surface area (Å²) >= 11 is 0. The van der Waals surface area contributed by atoms with Crippen molar-refractivity contribution in [2.45, 2.75) is 23.4 Å². The maximum absolute atomic E-state index is 14.4. The largest absolute Gasteiger partial charge is 0.394 e. The molecule has 0 bridgehead atoms. The van der Waals surface area contributed by atoms with Gasteiger partial charge in [-0.25, -0.2) is 17.2 Å². The molecule has 1 fully saturated rings. The van der Waals surface area contributed by atoms with Crippen molar-refractivity contribution in [3.8, 4) is 11.1 Å². The highest BCUT2D eigenvalue weighted by Crippen LogP contribution is 2.49. The molecular weight excluding hydrogens is 434 g/mol. The van der Waals surface area contributed by atoms with Gasteiger partial charge >= 0.3 is 0 Å². The summed E-state index contributed by atoms with van der Waals surface area (Å²) in [6, 6.07) is 15.8. The van der Waals surface area contributed by atoms with Crippen LogP contribution in [0.25, 0.3) is 11.1 Å². The SMILES string of the molecule is O=S(=O)(c1ccc(F)cc1)N1CC[C@@H]2[C@H](CO)Nc3ccc(-c4ccccc4F)cc3[C@@H]21. The Bertz CT molecular complexity index is 1260. The number of rotatable bonds is 4. The van der Waals surface area contributed by atoms with Crippen LogP contribution in [0.4, 0.5) is 14.5 Å². The van der Waals surface area contributed by atoms with Gasteiger partial charge in [0.1, 0.15) is 11.6 Å². The topological polar surface area (TPSA) is 69.6 Å². The number of hydrogen-bond acceptors (Lipinski definition) is 4. The van der Waals surface area contributed by atoms with E-state index in [9.17, 15) is 22.3 Å². The van der Waals surface area contributed by atoms with Gasteiger partial charge in [0, 0.05) is 23.7 Å². The van der Waals surface area contributed by atoms with Crippen molar-refractivity contribution in [1.29, 1.82) is 0 Å². The number of nitrogens with zero attached hydrogens (tertiary/aromatic N) is 1. The molecule has 3 atom stereocenters. The van der Waals surface area contributed by atoms with Crippen LogP contribution in [0.15, 0.2) is 71.6 Å². The molecule has 0 amide bonds. The number of halogens is 2. The minimum Gasteiger partial charge on any atom is -0.394 e. The molecule has 0 aromatic heterocycles. The maximum Gasteiger partial charge on any atom is 0.243 e. The van der Waals surface area contributed by atoms with Gasteiger partial charge in [-0.1, -0.05) is 24.3 Å².